The van der Waals surface area contributed by atoms with Crippen molar-refractivity contribution in [2.45, 2.75) is 5.09 Å². The number of rotatable bonds is 0. The molecule has 0 aromatic carbocycles. The topological polar surface area (TPSA) is 21.3 Å². The summed E-state index contributed by atoms with van der Waals surface area (Å²) in [4.78, 5) is 0. The van der Waals surface area contributed by atoms with Crippen molar-refractivity contribution in [3.05, 3.63) is 0 Å². The molecule has 1 N–H and O–H groups in total. The Labute approximate surface area is 45.3 Å². The lowest BCUT2D eigenvalue weighted by Crippen LogP contribution is -2.21. The van der Waals surface area contributed by atoms with Crippen LogP contribution in [0.1, 0.15) is 0 Å². The molecule has 1 rings (SSSR count). The summed E-state index contributed by atoms with van der Waals surface area (Å²) in [6.45, 7) is 1.96. The minimum Gasteiger partial charge on any atom is -0.379 e. The van der Waals surface area contributed by atoms with Gasteiger partial charge in [0, 0.05) is 11.6 Å². The number of nitrogens with one attached hydrogen (secondary N) is 1. The lowest BCUT2D eigenvalue weighted by atomic mass is 10.7. The van der Waals surface area contributed by atoms with Crippen LogP contribution in [-0.4, -0.2) is 34.5 Å². The molecule has 0 spiro atoms. The molecule has 0 aromatic rings. The molecule has 0 aliphatic carbocycles. The van der Waals surface area contributed by atoms with Gasteiger partial charge >= 0.3 is 0 Å². The first-order valence-electron chi connectivity index (χ1n) is 2.24. The van der Waals surface area contributed by atoms with Crippen molar-refractivity contribution in [2.75, 3.05) is 13.2 Å². The second-order valence-corrected chi connectivity index (χ2v) is 2.52. The first-order valence-corrected chi connectivity index (χ1v) is 3.40. The summed E-state index contributed by atoms with van der Waals surface area (Å²) in [7, 11) is 0. The summed E-state index contributed by atoms with van der Waals surface area (Å²) >= 11 is 1.12. The van der Waals surface area contributed by atoms with Crippen molar-refractivity contribution in [1.29, 1.82) is 0 Å². The zero-order chi connectivity index (χ0) is 4.41. The van der Waals surface area contributed by atoms with Crippen LogP contribution >= 0.6 is 0 Å². The van der Waals surface area contributed by atoms with E-state index in [4.69, 9.17) is 4.74 Å². The summed E-state index contributed by atoms with van der Waals surface area (Å²) in [5.74, 6) is 0. The molecule has 0 saturated carbocycles. The zero-order valence-electron chi connectivity index (χ0n) is 3.90. The molecule has 3 heteroatoms. The Balaban J connectivity index is 2.18. The summed E-state index contributed by atoms with van der Waals surface area (Å²) in [6.07, 6.45) is 0. The fraction of sp³-hybridized carbons (Fsp3) is 1.00. The SMILES string of the molecule is [AlH2][CH]1NCCO1. The molecule has 1 unspecified atom stereocenters. The van der Waals surface area contributed by atoms with Crippen LogP contribution < -0.4 is 5.32 Å². The molecule has 1 heterocycles. The van der Waals surface area contributed by atoms with Gasteiger partial charge in [-0.2, -0.15) is 0 Å². The molecular formula is C3H8AlNO. The summed E-state index contributed by atoms with van der Waals surface area (Å²) in [5, 5.41) is 3.59. The van der Waals surface area contributed by atoms with Gasteiger partial charge in [0.15, 0.2) is 0 Å². The van der Waals surface area contributed by atoms with Gasteiger partial charge in [0.05, 0.1) is 6.61 Å². The van der Waals surface area contributed by atoms with E-state index in [0.717, 1.165) is 29.4 Å². The Kier molecular flexibility index (Phi) is 1.49. The van der Waals surface area contributed by atoms with Crippen molar-refractivity contribution >= 4 is 16.3 Å². The molecule has 2 nitrogen and oxygen atoms in total. The van der Waals surface area contributed by atoms with Gasteiger partial charge in [0.25, 0.3) is 16.3 Å². The molecule has 6 heavy (non-hydrogen) atoms. The summed E-state index contributed by atoms with van der Waals surface area (Å²) < 4.78 is 5.10. The van der Waals surface area contributed by atoms with E-state index < -0.39 is 0 Å². The van der Waals surface area contributed by atoms with Crippen LogP contribution in [-0.2, 0) is 4.74 Å². The fourth-order valence-corrected chi connectivity index (χ4v) is 1.08. The van der Waals surface area contributed by atoms with E-state index in [-0.39, 0.29) is 0 Å². The third-order valence-corrected chi connectivity index (χ3v) is 1.64. The van der Waals surface area contributed by atoms with Crippen molar-refractivity contribution < 1.29 is 4.74 Å². The highest BCUT2D eigenvalue weighted by Gasteiger charge is 2.05. The predicted octanol–water partition coefficient (Wildman–Crippen LogP) is -1.48. The lowest BCUT2D eigenvalue weighted by Gasteiger charge is -1.96. The maximum Gasteiger partial charge on any atom is 0.282 e. The van der Waals surface area contributed by atoms with E-state index in [2.05, 4.69) is 5.32 Å². The summed E-state index contributed by atoms with van der Waals surface area (Å²) in [6, 6.07) is 0. The molecule has 1 fully saturated rings. The van der Waals surface area contributed by atoms with E-state index in [9.17, 15) is 0 Å². The monoisotopic (exact) mass is 101 g/mol. The van der Waals surface area contributed by atoms with E-state index in [1.165, 1.54) is 0 Å². The summed E-state index contributed by atoms with van der Waals surface area (Å²) in [5.41, 5.74) is 0. The Bertz CT molecular complexity index is 44.1. The van der Waals surface area contributed by atoms with E-state index in [1.54, 1.807) is 0 Å². The van der Waals surface area contributed by atoms with Crippen LogP contribution in [0.5, 0.6) is 0 Å². The Morgan fingerprint density at radius 2 is 2.67 bits per heavy atom. The van der Waals surface area contributed by atoms with Crippen molar-refractivity contribution in [1.82, 2.24) is 5.32 Å². The third kappa shape index (κ3) is 0.956. The highest BCUT2D eigenvalue weighted by molar-refractivity contribution is 6.10. The van der Waals surface area contributed by atoms with Gasteiger partial charge in [0.2, 0.25) is 0 Å². The maximum atomic E-state index is 5.10. The van der Waals surface area contributed by atoms with E-state index in [0.29, 0.717) is 5.09 Å². The molecule has 0 bridgehead atoms. The molecule has 34 valence electrons. The average Bonchev–Trinajstić information content (AvgIpc) is 1.86. The van der Waals surface area contributed by atoms with E-state index >= 15 is 0 Å². The highest BCUT2D eigenvalue weighted by Crippen LogP contribution is 1.86. The maximum absolute atomic E-state index is 5.10. The first-order chi connectivity index (χ1) is 2.89. The molecular weight excluding hydrogens is 93.0 g/mol. The fourth-order valence-electron chi connectivity index (χ4n) is 0.557. The molecule has 1 saturated heterocycles. The minimum absolute atomic E-state index is 0.435. The first kappa shape index (κ1) is 4.61. The normalized spacial score (nSPS) is 34.3. The number of ether oxygens (including phenoxy) is 1. The molecule has 1 aliphatic heterocycles. The Hall–Kier alpha value is 0.452. The van der Waals surface area contributed by atoms with Gasteiger partial charge in [-0.15, -0.1) is 0 Å². The minimum atomic E-state index is 0.435. The molecule has 0 radical (unpaired) electrons. The van der Waals surface area contributed by atoms with Crippen LogP contribution in [0.2, 0.25) is 0 Å². The van der Waals surface area contributed by atoms with E-state index in [1.807, 2.05) is 0 Å². The predicted molar refractivity (Wildman–Crippen MR) is 26.3 cm³/mol. The van der Waals surface area contributed by atoms with Crippen LogP contribution in [0, 0.1) is 0 Å². The smallest absolute Gasteiger partial charge is 0.282 e. The second-order valence-electron chi connectivity index (χ2n) is 1.47. The number of hydrogen-bond acceptors (Lipinski definition) is 2. The molecule has 1 aliphatic rings. The average molecular weight is 101 g/mol. The van der Waals surface area contributed by atoms with Crippen molar-refractivity contribution in [3.8, 4) is 0 Å². The van der Waals surface area contributed by atoms with Crippen molar-refractivity contribution in [2.24, 2.45) is 0 Å². The van der Waals surface area contributed by atoms with Crippen LogP contribution in [0.4, 0.5) is 0 Å². The largest absolute Gasteiger partial charge is 0.379 e. The molecule has 0 amide bonds. The van der Waals surface area contributed by atoms with Gasteiger partial charge in [-0.1, -0.05) is 0 Å². The van der Waals surface area contributed by atoms with Gasteiger partial charge in [-0.25, -0.2) is 0 Å². The Morgan fingerprint density at radius 3 is 2.83 bits per heavy atom. The standard InChI is InChI=1S/C3H6NO.Al.2H/c1-2-5-3-4-1;;;/h3-4H,1-2H2;;;. The second kappa shape index (κ2) is 1.95. The molecule has 1 atom stereocenters. The third-order valence-electron chi connectivity index (χ3n) is 0.902. The van der Waals surface area contributed by atoms with Gasteiger partial charge < -0.3 is 10.1 Å². The quantitative estimate of drug-likeness (QED) is 0.376. The Morgan fingerprint density at radius 1 is 1.83 bits per heavy atom. The zero-order valence-corrected chi connectivity index (χ0v) is 5.90. The van der Waals surface area contributed by atoms with Crippen molar-refractivity contribution in [3.63, 3.8) is 0 Å². The van der Waals surface area contributed by atoms with Gasteiger partial charge in [0.1, 0.15) is 0 Å². The van der Waals surface area contributed by atoms with Crippen LogP contribution in [0.15, 0.2) is 0 Å². The number of hydrogen-bond donors (Lipinski definition) is 1. The van der Waals surface area contributed by atoms with Crippen LogP contribution in [0.3, 0.4) is 0 Å². The molecule has 0 aromatic heterocycles. The van der Waals surface area contributed by atoms with Crippen LogP contribution in [0.25, 0.3) is 0 Å². The van der Waals surface area contributed by atoms with Gasteiger partial charge in [-0.3, -0.25) is 0 Å². The highest BCUT2D eigenvalue weighted by atomic mass is 27.0. The van der Waals surface area contributed by atoms with Gasteiger partial charge in [-0.05, 0) is 0 Å². The lowest BCUT2D eigenvalue weighted by molar-refractivity contribution is 0.162.